The minimum Gasteiger partial charge on any atom is -0.445 e. The van der Waals surface area contributed by atoms with Gasteiger partial charge in [0.05, 0.1) is 11.6 Å². The van der Waals surface area contributed by atoms with Crippen LogP contribution < -0.4 is 10.6 Å². The maximum Gasteiger partial charge on any atom is 0.410 e. The Kier molecular flexibility index (Phi) is 9.99. The average molecular weight is 555 g/mol. The Morgan fingerprint density at radius 1 is 0.951 bits per heavy atom. The van der Waals surface area contributed by atoms with Crippen LogP contribution in [0.1, 0.15) is 59.7 Å². The first-order valence-corrected chi connectivity index (χ1v) is 14.0. The number of rotatable bonds is 4. The normalized spacial score (nSPS) is 13.9. The van der Waals surface area contributed by atoms with Crippen molar-refractivity contribution in [3.63, 3.8) is 0 Å². The lowest BCUT2D eigenvalue weighted by Gasteiger charge is -2.28. The second-order valence-corrected chi connectivity index (χ2v) is 11.2. The predicted molar refractivity (Wildman–Crippen MR) is 157 cm³/mol. The van der Waals surface area contributed by atoms with Crippen LogP contribution in [0.3, 0.4) is 0 Å². The summed E-state index contributed by atoms with van der Waals surface area (Å²) in [5.74, 6) is 0. The fraction of sp³-hybridized carbons (Fsp3) is 0.364. The monoisotopic (exact) mass is 554 g/mol. The van der Waals surface area contributed by atoms with Gasteiger partial charge < -0.3 is 25.0 Å². The molecule has 3 aromatic rings. The van der Waals surface area contributed by atoms with Gasteiger partial charge in [-0.25, -0.2) is 9.59 Å². The van der Waals surface area contributed by atoms with Crippen LogP contribution in [0.25, 0.3) is 0 Å². The van der Waals surface area contributed by atoms with Crippen molar-refractivity contribution in [1.82, 2.24) is 15.5 Å². The van der Waals surface area contributed by atoms with Crippen molar-refractivity contribution in [2.24, 2.45) is 0 Å². The summed E-state index contributed by atoms with van der Waals surface area (Å²) in [4.78, 5) is 26.0. The van der Waals surface area contributed by atoms with E-state index in [4.69, 9.17) is 14.7 Å². The number of hydrogen-bond donors (Lipinski definition) is 2. The molecule has 2 amide bonds. The van der Waals surface area contributed by atoms with Crippen LogP contribution in [0.2, 0.25) is 0 Å². The number of benzene rings is 3. The van der Waals surface area contributed by atoms with Gasteiger partial charge in [-0.3, -0.25) is 0 Å². The molecule has 0 fully saturated rings. The lowest BCUT2D eigenvalue weighted by Crippen LogP contribution is -2.36. The van der Waals surface area contributed by atoms with E-state index in [1.807, 2.05) is 75.4 Å². The van der Waals surface area contributed by atoms with Crippen molar-refractivity contribution in [3.8, 4) is 6.07 Å². The van der Waals surface area contributed by atoms with E-state index in [1.165, 1.54) is 16.7 Å². The van der Waals surface area contributed by atoms with Gasteiger partial charge >= 0.3 is 12.2 Å². The van der Waals surface area contributed by atoms with Crippen LogP contribution in [0.5, 0.6) is 0 Å². The van der Waals surface area contributed by atoms with Crippen LogP contribution >= 0.6 is 0 Å². The van der Waals surface area contributed by atoms with Gasteiger partial charge in [0.15, 0.2) is 0 Å². The summed E-state index contributed by atoms with van der Waals surface area (Å²) in [7, 11) is 0. The van der Waals surface area contributed by atoms with Crippen molar-refractivity contribution in [1.29, 1.82) is 5.26 Å². The van der Waals surface area contributed by atoms with Gasteiger partial charge in [0, 0.05) is 26.2 Å². The molecule has 2 aliphatic rings. The number of ether oxygens (including phenoxy) is 2. The third-order valence-corrected chi connectivity index (χ3v) is 6.80. The molecule has 0 bridgehead atoms. The highest BCUT2D eigenvalue weighted by Gasteiger charge is 2.22. The Bertz CT molecular complexity index is 1390. The van der Waals surface area contributed by atoms with Gasteiger partial charge in [-0.15, -0.1) is 0 Å². The molecule has 41 heavy (non-hydrogen) atoms. The average Bonchev–Trinajstić information content (AvgIpc) is 2.98. The SMILES string of the molecule is CC(C)(C)OC(=O)NCc1ccc2c(c1)CN(C(=O)OCc1ccccc1)CC2.N#Cc1ccc2c(c1)CNCC2. The molecule has 0 saturated heterocycles. The summed E-state index contributed by atoms with van der Waals surface area (Å²) < 4.78 is 10.7. The summed E-state index contributed by atoms with van der Waals surface area (Å²) in [6, 6.07) is 23.8. The van der Waals surface area contributed by atoms with Gasteiger partial charge in [0.25, 0.3) is 0 Å². The van der Waals surface area contributed by atoms with Gasteiger partial charge in [-0.05, 0) is 85.7 Å². The van der Waals surface area contributed by atoms with Gasteiger partial charge in [-0.1, -0.05) is 54.6 Å². The third kappa shape index (κ3) is 9.09. The molecule has 214 valence electrons. The number of fused-ring (bicyclic) bond motifs is 2. The maximum atomic E-state index is 12.4. The molecule has 0 unspecified atom stereocenters. The zero-order valence-corrected chi connectivity index (χ0v) is 24.0. The predicted octanol–water partition coefficient (Wildman–Crippen LogP) is 5.61. The topological polar surface area (TPSA) is 104 Å². The second-order valence-electron chi connectivity index (χ2n) is 11.2. The van der Waals surface area contributed by atoms with E-state index >= 15 is 0 Å². The van der Waals surface area contributed by atoms with E-state index in [2.05, 4.69) is 28.8 Å². The third-order valence-electron chi connectivity index (χ3n) is 6.80. The van der Waals surface area contributed by atoms with Crippen LogP contribution in [0, 0.1) is 11.3 Å². The molecule has 0 saturated carbocycles. The molecule has 2 heterocycles. The summed E-state index contributed by atoms with van der Waals surface area (Å²) in [5.41, 5.74) is 7.13. The largest absolute Gasteiger partial charge is 0.445 e. The standard InChI is InChI=1S/C23H28N2O4.C10H10N2/c1-23(2,3)29-21(26)24-14-18-9-10-19-11-12-25(15-20(19)13-18)22(27)28-16-17-7-5-4-6-8-17;11-6-8-1-2-9-3-4-12-7-10(9)5-8/h4-10,13H,11-12,14-16H2,1-3H3,(H,24,26);1-2,5,12H,3-4,7H2. The number of carbonyl (C=O) groups excluding carboxylic acids is 2. The zero-order valence-electron chi connectivity index (χ0n) is 24.0. The summed E-state index contributed by atoms with van der Waals surface area (Å²) in [6.45, 7) is 9.23. The maximum absolute atomic E-state index is 12.4. The van der Waals surface area contributed by atoms with E-state index < -0.39 is 11.7 Å². The number of hydrogen-bond acceptors (Lipinski definition) is 6. The van der Waals surface area contributed by atoms with Crippen LogP contribution in [-0.4, -0.2) is 35.8 Å². The molecular weight excluding hydrogens is 516 g/mol. The van der Waals surface area contributed by atoms with E-state index in [1.54, 1.807) is 4.90 Å². The molecule has 8 nitrogen and oxygen atoms in total. The first kappa shape index (κ1) is 29.6. The van der Waals surface area contributed by atoms with Crippen LogP contribution in [0.4, 0.5) is 9.59 Å². The fourth-order valence-corrected chi connectivity index (χ4v) is 4.73. The van der Waals surface area contributed by atoms with E-state index in [-0.39, 0.29) is 12.7 Å². The molecule has 0 aromatic heterocycles. The van der Waals surface area contributed by atoms with E-state index in [0.717, 1.165) is 48.2 Å². The highest BCUT2D eigenvalue weighted by molar-refractivity contribution is 5.68. The van der Waals surface area contributed by atoms with Crippen molar-refractivity contribution >= 4 is 12.2 Å². The Labute approximate surface area is 242 Å². The minimum atomic E-state index is -0.527. The molecule has 0 spiro atoms. The van der Waals surface area contributed by atoms with E-state index in [0.29, 0.717) is 19.6 Å². The quantitative estimate of drug-likeness (QED) is 0.435. The summed E-state index contributed by atoms with van der Waals surface area (Å²) in [5, 5.41) is 14.7. The molecule has 0 radical (unpaired) electrons. The van der Waals surface area contributed by atoms with Gasteiger partial charge in [0.1, 0.15) is 12.2 Å². The lowest BCUT2D eigenvalue weighted by molar-refractivity contribution is 0.0523. The number of nitrogens with one attached hydrogen (secondary N) is 2. The van der Waals surface area contributed by atoms with Crippen LogP contribution in [0.15, 0.2) is 66.7 Å². The summed E-state index contributed by atoms with van der Waals surface area (Å²) >= 11 is 0. The number of nitrogens with zero attached hydrogens (tertiary/aromatic N) is 2. The van der Waals surface area contributed by atoms with Crippen molar-refractivity contribution in [3.05, 3.63) is 106 Å². The Balaban J connectivity index is 0.000000267. The highest BCUT2D eigenvalue weighted by Crippen LogP contribution is 2.22. The Morgan fingerprint density at radius 2 is 1.71 bits per heavy atom. The zero-order chi connectivity index (χ0) is 29.2. The number of amides is 2. The summed E-state index contributed by atoms with van der Waals surface area (Å²) in [6.07, 6.45) is 1.12. The highest BCUT2D eigenvalue weighted by atomic mass is 16.6. The van der Waals surface area contributed by atoms with Crippen molar-refractivity contribution < 1.29 is 19.1 Å². The smallest absolute Gasteiger partial charge is 0.410 e. The first-order valence-electron chi connectivity index (χ1n) is 14.0. The Morgan fingerprint density at radius 3 is 2.46 bits per heavy atom. The number of alkyl carbamates (subject to hydrolysis) is 1. The molecule has 5 rings (SSSR count). The molecule has 2 aliphatic heterocycles. The molecule has 0 aliphatic carbocycles. The van der Waals surface area contributed by atoms with E-state index in [9.17, 15) is 9.59 Å². The van der Waals surface area contributed by atoms with Crippen LogP contribution in [-0.2, 0) is 48.6 Å². The lowest BCUT2D eigenvalue weighted by atomic mass is 9.97. The molecule has 2 N–H and O–H groups in total. The minimum absolute atomic E-state index is 0.267. The Hall–Kier alpha value is -4.35. The fourth-order valence-electron chi connectivity index (χ4n) is 4.73. The van der Waals surface area contributed by atoms with Gasteiger partial charge in [0.2, 0.25) is 0 Å². The van der Waals surface area contributed by atoms with Gasteiger partial charge in [-0.2, -0.15) is 5.26 Å². The first-order chi connectivity index (χ1) is 19.7. The molecule has 8 heteroatoms. The number of nitriles is 1. The molecule has 3 aromatic carbocycles. The second kappa shape index (κ2) is 13.8. The number of carbonyl (C=O) groups is 2. The van der Waals surface area contributed by atoms with Crippen molar-refractivity contribution in [2.45, 2.75) is 65.5 Å². The van der Waals surface area contributed by atoms with Crippen molar-refractivity contribution in [2.75, 3.05) is 13.1 Å². The molecule has 0 atom stereocenters. The molecular formula is C33H38N4O4.